The third kappa shape index (κ3) is 3.32. The third-order valence-corrected chi connectivity index (χ3v) is 4.81. The quantitative estimate of drug-likeness (QED) is 0.859. The van der Waals surface area contributed by atoms with Crippen molar-refractivity contribution in [2.75, 3.05) is 13.2 Å². The molecule has 0 unspecified atom stereocenters. The number of aliphatic hydroxyl groups is 1. The fraction of sp³-hybridized carbons (Fsp3) is 0.643. The van der Waals surface area contributed by atoms with Crippen molar-refractivity contribution in [1.29, 1.82) is 5.26 Å². The molecule has 18 heavy (non-hydrogen) atoms. The standard InChI is InChI=1S/C14H20N2OS/c15-8-12-4-5-13(18-12)9-16-10-14(11-17)6-2-1-3-7-14/h4-5,16-17H,1-3,6-7,9-11H2. The van der Waals surface area contributed by atoms with Crippen LogP contribution in [-0.4, -0.2) is 18.3 Å². The van der Waals surface area contributed by atoms with Crippen LogP contribution in [-0.2, 0) is 6.54 Å². The van der Waals surface area contributed by atoms with Gasteiger partial charge in [0.05, 0.1) is 0 Å². The summed E-state index contributed by atoms with van der Waals surface area (Å²) >= 11 is 1.54. The summed E-state index contributed by atoms with van der Waals surface area (Å²) in [5.74, 6) is 0. The van der Waals surface area contributed by atoms with E-state index in [1.54, 1.807) is 0 Å². The van der Waals surface area contributed by atoms with Crippen LogP contribution in [0.15, 0.2) is 12.1 Å². The molecule has 4 heteroatoms. The molecule has 1 aromatic rings. The lowest BCUT2D eigenvalue weighted by Crippen LogP contribution is -2.38. The molecule has 1 saturated carbocycles. The van der Waals surface area contributed by atoms with Crippen molar-refractivity contribution in [3.8, 4) is 6.07 Å². The van der Waals surface area contributed by atoms with Gasteiger partial charge in [0.1, 0.15) is 10.9 Å². The number of hydrogen-bond donors (Lipinski definition) is 2. The second-order valence-electron chi connectivity index (χ2n) is 5.20. The van der Waals surface area contributed by atoms with E-state index in [4.69, 9.17) is 5.26 Å². The molecule has 0 amide bonds. The molecule has 1 aromatic heterocycles. The van der Waals surface area contributed by atoms with E-state index in [1.807, 2.05) is 12.1 Å². The van der Waals surface area contributed by atoms with Gasteiger partial charge >= 0.3 is 0 Å². The fourth-order valence-corrected chi connectivity index (χ4v) is 3.45. The monoisotopic (exact) mass is 264 g/mol. The minimum atomic E-state index is 0.0908. The fourth-order valence-electron chi connectivity index (χ4n) is 2.68. The van der Waals surface area contributed by atoms with Gasteiger partial charge in [-0.1, -0.05) is 19.3 Å². The minimum Gasteiger partial charge on any atom is -0.396 e. The number of nitrogens with one attached hydrogen (secondary N) is 1. The molecule has 0 radical (unpaired) electrons. The Kier molecular flexibility index (Phi) is 4.76. The first-order valence-corrected chi connectivity index (χ1v) is 7.40. The maximum Gasteiger partial charge on any atom is 0.110 e. The van der Waals surface area contributed by atoms with Crippen molar-refractivity contribution < 1.29 is 5.11 Å². The Labute approximate surface area is 112 Å². The Morgan fingerprint density at radius 2 is 2.11 bits per heavy atom. The van der Waals surface area contributed by atoms with E-state index in [-0.39, 0.29) is 12.0 Å². The summed E-state index contributed by atoms with van der Waals surface area (Å²) in [6.07, 6.45) is 6.03. The van der Waals surface area contributed by atoms with Gasteiger partial charge in [0.2, 0.25) is 0 Å². The summed E-state index contributed by atoms with van der Waals surface area (Å²) in [6.45, 7) is 1.96. The first kappa shape index (κ1) is 13.5. The molecule has 3 nitrogen and oxygen atoms in total. The first-order chi connectivity index (χ1) is 8.78. The molecule has 0 atom stereocenters. The van der Waals surface area contributed by atoms with Gasteiger partial charge in [0.15, 0.2) is 0 Å². The van der Waals surface area contributed by atoms with E-state index in [2.05, 4.69) is 11.4 Å². The summed E-state index contributed by atoms with van der Waals surface area (Å²) in [6, 6.07) is 6.02. The number of nitrogens with zero attached hydrogens (tertiary/aromatic N) is 1. The van der Waals surface area contributed by atoms with Crippen molar-refractivity contribution in [2.24, 2.45) is 5.41 Å². The second kappa shape index (κ2) is 6.33. The lowest BCUT2D eigenvalue weighted by molar-refractivity contribution is 0.0811. The number of aliphatic hydroxyl groups excluding tert-OH is 1. The predicted octanol–water partition coefficient (Wildman–Crippen LogP) is 2.65. The maximum absolute atomic E-state index is 9.60. The Bertz CT molecular complexity index is 416. The zero-order chi connectivity index (χ0) is 12.8. The third-order valence-electron chi connectivity index (χ3n) is 3.82. The van der Waals surface area contributed by atoms with Gasteiger partial charge in [0.25, 0.3) is 0 Å². The van der Waals surface area contributed by atoms with E-state index in [9.17, 15) is 5.11 Å². The summed E-state index contributed by atoms with van der Waals surface area (Å²) < 4.78 is 0. The normalized spacial score (nSPS) is 18.4. The first-order valence-electron chi connectivity index (χ1n) is 6.58. The molecule has 0 spiro atoms. The van der Waals surface area contributed by atoms with Crippen molar-refractivity contribution in [3.63, 3.8) is 0 Å². The topological polar surface area (TPSA) is 56.0 Å². The zero-order valence-corrected chi connectivity index (χ0v) is 11.4. The van der Waals surface area contributed by atoms with Gasteiger partial charge in [-0.15, -0.1) is 11.3 Å². The van der Waals surface area contributed by atoms with Crippen LogP contribution >= 0.6 is 11.3 Å². The lowest BCUT2D eigenvalue weighted by Gasteiger charge is -2.35. The van der Waals surface area contributed by atoms with Gasteiger partial charge in [-0.3, -0.25) is 0 Å². The van der Waals surface area contributed by atoms with E-state index < -0.39 is 0 Å². The van der Waals surface area contributed by atoms with E-state index in [0.717, 1.165) is 30.8 Å². The van der Waals surface area contributed by atoms with Gasteiger partial charge in [-0.2, -0.15) is 5.26 Å². The van der Waals surface area contributed by atoms with Crippen molar-refractivity contribution in [3.05, 3.63) is 21.9 Å². The van der Waals surface area contributed by atoms with E-state index in [1.165, 1.54) is 35.5 Å². The molecule has 98 valence electrons. The molecule has 1 aliphatic carbocycles. The van der Waals surface area contributed by atoms with Crippen LogP contribution in [0.3, 0.4) is 0 Å². The minimum absolute atomic E-state index is 0.0908. The van der Waals surface area contributed by atoms with Crippen LogP contribution in [0.1, 0.15) is 41.9 Å². The smallest absolute Gasteiger partial charge is 0.110 e. The molecule has 1 fully saturated rings. The molecular weight excluding hydrogens is 244 g/mol. The molecule has 0 aliphatic heterocycles. The maximum atomic E-state index is 9.60. The van der Waals surface area contributed by atoms with Gasteiger partial charge in [0, 0.05) is 30.0 Å². The summed E-state index contributed by atoms with van der Waals surface area (Å²) in [4.78, 5) is 1.96. The Morgan fingerprint density at radius 3 is 2.72 bits per heavy atom. The average molecular weight is 264 g/mol. The van der Waals surface area contributed by atoms with Crippen LogP contribution in [0.2, 0.25) is 0 Å². The molecule has 0 bridgehead atoms. The lowest BCUT2D eigenvalue weighted by atomic mass is 9.74. The van der Waals surface area contributed by atoms with Crippen LogP contribution in [0.25, 0.3) is 0 Å². The SMILES string of the molecule is N#Cc1ccc(CNCC2(CO)CCCCC2)s1. The van der Waals surface area contributed by atoms with E-state index in [0.29, 0.717) is 0 Å². The number of nitriles is 1. The van der Waals surface area contributed by atoms with Gasteiger partial charge < -0.3 is 10.4 Å². The molecule has 1 aliphatic rings. The average Bonchev–Trinajstić information content (AvgIpc) is 2.88. The molecular formula is C14H20N2OS. The molecule has 2 N–H and O–H groups in total. The van der Waals surface area contributed by atoms with Crippen LogP contribution < -0.4 is 5.32 Å². The highest BCUT2D eigenvalue weighted by atomic mass is 32.1. The molecule has 0 saturated heterocycles. The number of hydrogen-bond acceptors (Lipinski definition) is 4. The molecule has 1 heterocycles. The summed E-state index contributed by atoms with van der Waals surface area (Å²) in [5.41, 5.74) is 0.0908. The van der Waals surface area contributed by atoms with Crippen LogP contribution in [0, 0.1) is 16.7 Å². The number of thiophene rings is 1. The number of rotatable bonds is 5. The van der Waals surface area contributed by atoms with Crippen molar-refractivity contribution in [2.45, 2.75) is 38.6 Å². The highest BCUT2D eigenvalue weighted by Crippen LogP contribution is 2.35. The molecule has 0 aromatic carbocycles. The van der Waals surface area contributed by atoms with Crippen LogP contribution in [0.5, 0.6) is 0 Å². The van der Waals surface area contributed by atoms with Gasteiger partial charge in [-0.25, -0.2) is 0 Å². The van der Waals surface area contributed by atoms with Gasteiger partial charge in [-0.05, 0) is 25.0 Å². The van der Waals surface area contributed by atoms with Crippen LogP contribution in [0.4, 0.5) is 0 Å². The highest BCUT2D eigenvalue weighted by molar-refractivity contribution is 7.12. The predicted molar refractivity (Wildman–Crippen MR) is 73.3 cm³/mol. The van der Waals surface area contributed by atoms with Crippen molar-refractivity contribution >= 4 is 11.3 Å². The molecule has 2 rings (SSSR count). The highest BCUT2D eigenvalue weighted by Gasteiger charge is 2.30. The Morgan fingerprint density at radius 1 is 1.33 bits per heavy atom. The summed E-state index contributed by atoms with van der Waals surface area (Å²) in [5, 5.41) is 21.8. The Balaban J connectivity index is 1.81. The Hall–Kier alpha value is -0.890. The van der Waals surface area contributed by atoms with Crippen molar-refractivity contribution in [1.82, 2.24) is 5.32 Å². The van der Waals surface area contributed by atoms with E-state index >= 15 is 0 Å². The summed E-state index contributed by atoms with van der Waals surface area (Å²) in [7, 11) is 0. The zero-order valence-electron chi connectivity index (χ0n) is 10.6. The largest absolute Gasteiger partial charge is 0.396 e. The second-order valence-corrected chi connectivity index (χ2v) is 6.37.